The molecule has 1 heterocycles. The number of hydrogen-bond donors (Lipinski definition) is 1. The fourth-order valence-electron chi connectivity index (χ4n) is 1.09. The van der Waals surface area contributed by atoms with E-state index in [4.69, 9.17) is 20.9 Å². The maximum atomic E-state index is 11.4. The van der Waals surface area contributed by atoms with E-state index in [-0.39, 0.29) is 11.7 Å². The van der Waals surface area contributed by atoms with E-state index in [9.17, 15) is 4.79 Å². The predicted octanol–water partition coefficient (Wildman–Crippen LogP) is 1.36. The van der Waals surface area contributed by atoms with Gasteiger partial charge in [-0.15, -0.1) is 11.6 Å². The summed E-state index contributed by atoms with van der Waals surface area (Å²) in [6.45, 7) is 3.43. The molecule has 16 heavy (non-hydrogen) atoms. The molecule has 0 aliphatic carbocycles. The van der Waals surface area contributed by atoms with Crippen molar-refractivity contribution in [2.24, 2.45) is 0 Å². The normalized spacial score (nSPS) is 10.4. The molecule has 0 aromatic carbocycles. The van der Waals surface area contributed by atoms with E-state index in [1.54, 1.807) is 13.0 Å². The summed E-state index contributed by atoms with van der Waals surface area (Å²) in [7, 11) is 0. The van der Waals surface area contributed by atoms with Crippen molar-refractivity contribution < 1.29 is 14.1 Å². The van der Waals surface area contributed by atoms with Gasteiger partial charge in [0.2, 0.25) is 5.76 Å². The van der Waals surface area contributed by atoms with Crippen molar-refractivity contribution >= 4 is 17.5 Å². The molecule has 0 atom stereocenters. The lowest BCUT2D eigenvalue weighted by molar-refractivity contribution is 0.0908. The number of hydrogen-bond acceptors (Lipinski definition) is 4. The highest BCUT2D eigenvalue weighted by Crippen LogP contribution is 2.01. The molecule has 0 spiro atoms. The maximum Gasteiger partial charge on any atom is 0.289 e. The Hall–Kier alpha value is -1.07. The van der Waals surface area contributed by atoms with Gasteiger partial charge >= 0.3 is 0 Å². The average Bonchev–Trinajstić information content (AvgIpc) is 2.70. The van der Waals surface area contributed by atoms with E-state index in [2.05, 4.69) is 10.5 Å². The van der Waals surface area contributed by atoms with Crippen molar-refractivity contribution in [3.8, 4) is 0 Å². The van der Waals surface area contributed by atoms with E-state index >= 15 is 0 Å². The molecule has 6 heteroatoms. The minimum Gasteiger partial charge on any atom is -0.380 e. The number of rotatable bonds is 7. The molecular weight excluding hydrogens is 232 g/mol. The summed E-state index contributed by atoms with van der Waals surface area (Å²) in [6.07, 6.45) is 0.746. The van der Waals surface area contributed by atoms with Gasteiger partial charge in [-0.05, 0) is 13.3 Å². The molecule has 0 aliphatic heterocycles. The third-order valence-corrected chi connectivity index (χ3v) is 1.98. The van der Waals surface area contributed by atoms with Gasteiger partial charge in [0.15, 0.2) is 0 Å². The van der Waals surface area contributed by atoms with Crippen LogP contribution in [0.5, 0.6) is 0 Å². The van der Waals surface area contributed by atoms with Gasteiger partial charge < -0.3 is 14.6 Å². The Bertz CT molecular complexity index is 328. The summed E-state index contributed by atoms with van der Waals surface area (Å²) in [6, 6.07) is 1.60. The number of aryl methyl sites for hydroxylation is 1. The van der Waals surface area contributed by atoms with Gasteiger partial charge in [0.25, 0.3) is 5.91 Å². The molecule has 90 valence electrons. The Morgan fingerprint density at radius 1 is 1.62 bits per heavy atom. The van der Waals surface area contributed by atoms with Crippen LogP contribution < -0.4 is 5.32 Å². The number of carbonyl (C=O) groups is 1. The minimum absolute atomic E-state index is 0.235. The highest BCUT2D eigenvalue weighted by molar-refractivity contribution is 6.17. The molecule has 5 nitrogen and oxygen atoms in total. The van der Waals surface area contributed by atoms with Crippen LogP contribution in [0.3, 0.4) is 0 Å². The smallest absolute Gasteiger partial charge is 0.289 e. The van der Waals surface area contributed by atoms with Crippen molar-refractivity contribution in [3.05, 3.63) is 17.5 Å². The first-order valence-electron chi connectivity index (χ1n) is 5.09. The number of nitrogens with one attached hydrogen (secondary N) is 1. The second-order valence-electron chi connectivity index (χ2n) is 3.24. The van der Waals surface area contributed by atoms with Gasteiger partial charge in [-0.25, -0.2) is 0 Å². The first-order valence-corrected chi connectivity index (χ1v) is 5.62. The van der Waals surface area contributed by atoms with Crippen LogP contribution in [-0.4, -0.2) is 36.7 Å². The summed E-state index contributed by atoms with van der Waals surface area (Å²) in [5.74, 6) is 0.473. The number of aromatic nitrogens is 1. The molecule has 0 saturated heterocycles. The number of nitrogens with zero attached hydrogens (tertiary/aromatic N) is 1. The largest absolute Gasteiger partial charge is 0.380 e. The zero-order chi connectivity index (χ0) is 11.8. The van der Waals surface area contributed by atoms with Gasteiger partial charge in [-0.3, -0.25) is 4.79 Å². The van der Waals surface area contributed by atoms with Crippen LogP contribution in [0.4, 0.5) is 0 Å². The van der Waals surface area contributed by atoms with Gasteiger partial charge in [0.05, 0.1) is 12.3 Å². The fourth-order valence-corrected chi connectivity index (χ4v) is 1.20. The molecule has 0 radical (unpaired) electrons. The van der Waals surface area contributed by atoms with Gasteiger partial charge in [-0.2, -0.15) is 0 Å². The summed E-state index contributed by atoms with van der Waals surface area (Å²) in [5.41, 5.74) is 0.690. The number of halogens is 1. The first-order chi connectivity index (χ1) is 7.74. The van der Waals surface area contributed by atoms with Crippen molar-refractivity contribution in [2.45, 2.75) is 13.3 Å². The third kappa shape index (κ3) is 4.63. The average molecular weight is 247 g/mol. The van der Waals surface area contributed by atoms with Gasteiger partial charge in [-0.1, -0.05) is 5.16 Å². The molecular formula is C10H15ClN2O3. The molecule has 0 unspecified atom stereocenters. The summed E-state index contributed by atoms with van der Waals surface area (Å²) >= 11 is 5.43. The van der Waals surface area contributed by atoms with Crippen molar-refractivity contribution in [1.29, 1.82) is 0 Å². The summed E-state index contributed by atoms with van der Waals surface area (Å²) in [5, 5.41) is 6.33. The Kier molecular flexibility index (Phi) is 5.88. The Morgan fingerprint density at radius 3 is 3.06 bits per heavy atom. The molecule has 1 N–H and O–H groups in total. The lowest BCUT2D eigenvalue weighted by Gasteiger charge is -2.03. The highest BCUT2D eigenvalue weighted by atomic mass is 35.5. The molecule has 0 aliphatic rings. The fraction of sp³-hybridized carbons (Fsp3) is 0.600. The lowest BCUT2D eigenvalue weighted by Crippen LogP contribution is -2.24. The van der Waals surface area contributed by atoms with Crippen molar-refractivity contribution in [2.75, 3.05) is 25.6 Å². The van der Waals surface area contributed by atoms with Crippen LogP contribution in [0.2, 0.25) is 0 Å². The topological polar surface area (TPSA) is 64.4 Å². The standard InChI is InChI=1S/C10H15ClN2O3/c1-8-7-9(16-13-8)10(14)12-4-2-5-15-6-3-11/h7H,2-6H2,1H3,(H,12,14). The molecule has 1 amide bonds. The second kappa shape index (κ2) is 7.24. The van der Waals surface area contributed by atoms with Crippen LogP contribution >= 0.6 is 11.6 Å². The van der Waals surface area contributed by atoms with E-state index in [1.807, 2.05) is 0 Å². The molecule has 0 fully saturated rings. The number of ether oxygens (including phenoxy) is 1. The lowest BCUT2D eigenvalue weighted by atomic mass is 10.3. The van der Waals surface area contributed by atoms with Crippen LogP contribution in [0.25, 0.3) is 0 Å². The van der Waals surface area contributed by atoms with E-state index in [0.717, 1.165) is 6.42 Å². The van der Waals surface area contributed by atoms with Crippen LogP contribution in [0, 0.1) is 6.92 Å². The van der Waals surface area contributed by atoms with Crippen LogP contribution in [0.1, 0.15) is 22.7 Å². The van der Waals surface area contributed by atoms with Crippen molar-refractivity contribution in [3.63, 3.8) is 0 Å². The Balaban J connectivity index is 2.11. The van der Waals surface area contributed by atoms with E-state index in [0.29, 0.717) is 31.3 Å². The maximum absolute atomic E-state index is 11.4. The predicted molar refractivity (Wildman–Crippen MR) is 59.7 cm³/mol. The van der Waals surface area contributed by atoms with Gasteiger partial charge in [0, 0.05) is 25.1 Å². The summed E-state index contributed by atoms with van der Waals surface area (Å²) < 4.78 is 9.97. The minimum atomic E-state index is -0.252. The quantitative estimate of drug-likeness (QED) is 0.583. The zero-order valence-corrected chi connectivity index (χ0v) is 9.92. The third-order valence-electron chi connectivity index (χ3n) is 1.82. The highest BCUT2D eigenvalue weighted by Gasteiger charge is 2.09. The molecule has 0 bridgehead atoms. The van der Waals surface area contributed by atoms with E-state index < -0.39 is 0 Å². The summed E-state index contributed by atoms with van der Waals surface area (Å²) in [4.78, 5) is 11.4. The van der Waals surface area contributed by atoms with Crippen LogP contribution in [-0.2, 0) is 4.74 Å². The SMILES string of the molecule is Cc1cc(C(=O)NCCCOCCCl)on1. The molecule has 0 saturated carbocycles. The van der Waals surface area contributed by atoms with Crippen molar-refractivity contribution in [1.82, 2.24) is 10.5 Å². The first kappa shape index (κ1) is 13.0. The zero-order valence-electron chi connectivity index (χ0n) is 9.16. The molecule has 1 aromatic rings. The number of alkyl halides is 1. The van der Waals surface area contributed by atoms with Gasteiger partial charge in [0.1, 0.15) is 0 Å². The molecule has 1 aromatic heterocycles. The number of amides is 1. The Morgan fingerprint density at radius 2 is 2.44 bits per heavy atom. The Labute approximate surface area is 99.1 Å². The van der Waals surface area contributed by atoms with E-state index in [1.165, 1.54) is 0 Å². The molecule has 1 rings (SSSR count). The monoisotopic (exact) mass is 246 g/mol. The second-order valence-corrected chi connectivity index (χ2v) is 3.62. The van der Waals surface area contributed by atoms with Crippen LogP contribution in [0.15, 0.2) is 10.6 Å². The number of carbonyl (C=O) groups excluding carboxylic acids is 1.